The Morgan fingerprint density at radius 3 is 2.74 bits per heavy atom. The molecule has 3 heteroatoms. The summed E-state index contributed by atoms with van der Waals surface area (Å²) in [6.45, 7) is 6.54. The lowest BCUT2D eigenvalue weighted by atomic mass is 9.89. The maximum atomic E-state index is 13.7. The minimum absolute atomic E-state index is 0.104. The highest BCUT2D eigenvalue weighted by Gasteiger charge is 2.20. The molecule has 1 aliphatic heterocycles. The van der Waals surface area contributed by atoms with E-state index in [0.29, 0.717) is 11.5 Å². The molecule has 1 heterocycles. The zero-order valence-electron chi connectivity index (χ0n) is 11.9. The number of benzene rings is 1. The number of rotatable bonds is 5. The molecule has 0 amide bonds. The van der Waals surface area contributed by atoms with Gasteiger partial charge >= 0.3 is 0 Å². The summed E-state index contributed by atoms with van der Waals surface area (Å²) in [5.74, 6) is 0.578. The number of nitrogens with one attached hydrogen (secondary N) is 1. The number of halogens is 1. The van der Waals surface area contributed by atoms with Crippen LogP contribution in [-0.2, 0) is 4.74 Å². The second-order valence-electron chi connectivity index (χ2n) is 5.41. The van der Waals surface area contributed by atoms with Crippen LogP contribution in [0, 0.1) is 18.7 Å². The lowest BCUT2D eigenvalue weighted by Crippen LogP contribution is -2.26. The van der Waals surface area contributed by atoms with Crippen LogP contribution in [0.25, 0.3) is 0 Å². The van der Waals surface area contributed by atoms with Gasteiger partial charge in [0.2, 0.25) is 0 Å². The minimum atomic E-state index is -0.104. The van der Waals surface area contributed by atoms with Crippen LogP contribution in [0.2, 0.25) is 0 Å². The van der Waals surface area contributed by atoms with Gasteiger partial charge in [-0.15, -0.1) is 0 Å². The largest absolute Gasteiger partial charge is 0.381 e. The third-order valence-corrected chi connectivity index (χ3v) is 3.96. The molecule has 0 saturated carbocycles. The molecule has 0 aliphatic carbocycles. The third-order valence-electron chi connectivity index (χ3n) is 3.96. The van der Waals surface area contributed by atoms with E-state index < -0.39 is 0 Å². The molecule has 1 aromatic rings. The summed E-state index contributed by atoms with van der Waals surface area (Å²) in [6.07, 6.45) is 3.31. The summed E-state index contributed by atoms with van der Waals surface area (Å²) < 4.78 is 19.1. The zero-order chi connectivity index (χ0) is 13.7. The van der Waals surface area contributed by atoms with E-state index in [9.17, 15) is 4.39 Å². The third kappa shape index (κ3) is 4.02. The first-order chi connectivity index (χ1) is 9.20. The molecule has 0 aromatic heterocycles. The maximum Gasteiger partial charge on any atom is 0.126 e. The van der Waals surface area contributed by atoms with Gasteiger partial charge in [0, 0.05) is 19.3 Å². The number of hydrogen-bond acceptors (Lipinski definition) is 2. The summed E-state index contributed by atoms with van der Waals surface area (Å²) in [5.41, 5.74) is 1.78. The van der Waals surface area contributed by atoms with Crippen LogP contribution in [0.3, 0.4) is 0 Å². The fraction of sp³-hybridized carbons (Fsp3) is 0.625. The predicted molar refractivity (Wildman–Crippen MR) is 75.7 cm³/mol. The van der Waals surface area contributed by atoms with Crippen molar-refractivity contribution in [1.29, 1.82) is 0 Å². The molecule has 0 bridgehead atoms. The molecule has 1 fully saturated rings. The molecule has 1 aliphatic rings. The van der Waals surface area contributed by atoms with Crippen LogP contribution in [0.5, 0.6) is 0 Å². The van der Waals surface area contributed by atoms with E-state index in [-0.39, 0.29) is 11.9 Å². The van der Waals surface area contributed by atoms with Crippen molar-refractivity contribution in [3.05, 3.63) is 35.1 Å². The Morgan fingerprint density at radius 1 is 1.37 bits per heavy atom. The van der Waals surface area contributed by atoms with Crippen LogP contribution in [0.1, 0.15) is 43.4 Å². The molecular formula is C16H24FNO. The van der Waals surface area contributed by atoms with E-state index in [1.165, 1.54) is 0 Å². The van der Waals surface area contributed by atoms with Crippen LogP contribution >= 0.6 is 0 Å². The molecule has 19 heavy (non-hydrogen) atoms. The minimum Gasteiger partial charge on any atom is -0.381 e. The zero-order valence-corrected chi connectivity index (χ0v) is 11.9. The van der Waals surface area contributed by atoms with Gasteiger partial charge in [0.25, 0.3) is 0 Å². The van der Waals surface area contributed by atoms with E-state index in [1.807, 2.05) is 12.1 Å². The SMILES string of the molecule is CCNC(CC1CCOCC1)c1ccc(C)c(F)c1. The molecule has 106 valence electrons. The Kier molecular flexibility index (Phi) is 5.34. The molecule has 1 saturated heterocycles. The smallest absolute Gasteiger partial charge is 0.126 e. The molecular weight excluding hydrogens is 241 g/mol. The maximum absolute atomic E-state index is 13.7. The summed E-state index contributed by atoms with van der Waals surface area (Å²) in [6, 6.07) is 5.86. The van der Waals surface area contributed by atoms with Gasteiger partial charge in [-0.3, -0.25) is 0 Å². The van der Waals surface area contributed by atoms with Crippen LogP contribution in [0.15, 0.2) is 18.2 Å². The second-order valence-corrected chi connectivity index (χ2v) is 5.41. The summed E-state index contributed by atoms with van der Waals surface area (Å²) in [7, 11) is 0. The summed E-state index contributed by atoms with van der Waals surface area (Å²) in [5, 5.41) is 3.49. The highest BCUT2D eigenvalue weighted by molar-refractivity contribution is 5.26. The van der Waals surface area contributed by atoms with E-state index in [0.717, 1.165) is 44.6 Å². The van der Waals surface area contributed by atoms with Gasteiger partial charge in [-0.2, -0.15) is 0 Å². The fourth-order valence-corrected chi connectivity index (χ4v) is 2.72. The average molecular weight is 265 g/mol. The van der Waals surface area contributed by atoms with Crippen LogP contribution in [-0.4, -0.2) is 19.8 Å². The molecule has 0 spiro atoms. The highest BCUT2D eigenvalue weighted by Crippen LogP contribution is 2.28. The van der Waals surface area contributed by atoms with Gasteiger partial charge < -0.3 is 10.1 Å². The molecule has 0 radical (unpaired) electrons. The van der Waals surface area contributed by atoms with Gasteiger partial charge in [-0.05, 0) is 55.8 Å². The van der Waals surface area contributed by atoms with Crippen LogP contribution in [0.4, 0.5) is 4.39 Å². The summed E-state index contributed by atoms with van der Waals surface area (Å²) >= 11 is 0. The monoisotopic (exact) mass is 265 g/mol. The highest BCUT2D eigenvalue weighted by atomic mass is 19.1. The van der Waals surface area contributed by atoms with Crippen molar-refractivity contribution in [3.63, 3.8) is 0 Å². The van der Waals surface area contributed by atoms with Gasteiger partial charge in [0.15, 0.2) is 0 Å². The lowest BCUT2D eigenvalue weighted by molar-refractivity contribution is 0.0605. The van der Waals surface area contributed by atoms with Crippen LogP contribution < -0.4 is 5.32 Å². The topological polar surface area (TPSA) is 21.3 Å². The molecule has 1 atom stereocenters. The fourth-order valence-electron chi connectivity index (χ4n) is 2.72. The Hall–Kier alpha value is -0.930. The molecule has 1 N–H and O–H groups in total. The van der Waals surface area contributed by atoms with Crippen molar-refractivity contribution in [2.24, 2.45) is 5.92 Å². The quantitative estimate of drug-likeness (QED) is 0.878. The Bertz CT molecular complexity index is 402. The molecule has 2 rings (SSSR count). The van der Waals surface area contributed by atoms with Crippen molar-refractivity contribution in [1.82, 2.24) is 5.32 Å². The molecule has 1 unspecified atom stereocenters. The second kappa shape index (κ2) is 7.01. The van der Waals surface area contributed by atoms with Crippen molar-refractivity contribution < 1.29 is 9.13 Å². The summed E-state index contributed by atoms with van der Waals surface area (Å²) in [4.78, 5) is 0. The van der Waals surface area contributed by atoms with E-state index in [4.69, 9.17) is 4.74 Å². The van der Waals surface area contributed by atoms with Crippen molar-refractivity contribution in [2.45, 2.75) is 39.2 Å². The standard InChI is InChI=1S/C16H24FNO/c1-3-18-16(10-13-6-8-19-9-7-13)14-5-4-12(2)15(17)11-14/h4-5,11,13,16,18H,3,6-10H2,1-2H3. The number of aryl methyl sites for hydroxylation is 1. The average Bonchev–Trinajstić information content (AvgIpc) is 2.43. The van der Waals surface area contributed by atoms with Gasteiger partial charge in [-0.25, -0.2) is 4.39 Å². The van der Waals surface area contributed by atoms with Gasteiger partial charge in [-0.1, -0.05) is 19.1 Å². The first kappa shape index (κ1) is 14.5. The molecule has 2 nitrogen and oxygen atoms in total. The van der Waals surface area contributed by atoms with Crippen molar-refractivity contribution in [3.8, 4) is 0 Å². The number of hydrogen-bond donors (Lipinski definition) is 1. The Morgan fingerprint density at radius 2 is 2.11 bits per heavy atom. The van der Waals surface area contributed by atoms with E-state index in [1.54, 1.807) is 13.0 Å². The normalized spacial score (nSPS) is 18.5. The van der Waals surface area contributed by atoms with Crippen molar-refractivity contribution in [2.75, 3.05) is 19.8 Å². The Balaban J connectivity index is 2.07. The van der Waals surface area contributed by atoms with E-state index >= 15 is 0 Å². The lowest BCUT2D eigenvalue weighted by Gasteiger charge is -2.27. The first-order valence-electron chi connectivity index (χ1n) is 7.28. The van der Waals surface area contributed by atoms with Crippen molar-refractivity contribution >= 4 is 0 Å². The Labute approximate surface area is 115 Å². The predicted octanol–water partition coefficient (Wildman–Crippen LogP) is 3.60. The first-order valence-corrected chi connectivity index (χ1v) is 7.28. The number of ether oxygens (including phenoxy) is 1. The van der Waals surface area contributed by atoms with Gasteiger partial charge in [0.05, 0.1) is 0 Å². The molecule has 1 aromatic carbocycles. The van der Waals surface area contributed by atoms with Gasteiger partial charge in [0.1, 0.15) is 5.82 Å². The van der Waals surface area contributed by atoms with E-state index in [2.05, 4.69) is 12.2 Å².